The molecule has 0 saturated carbocycles. The molecule has 0 bridgehead atoms. The van der Waals surface area contributed by atoms with Gasteiger partial charge in [-0.15, -0.1) is 0 Å². The first-order valence-corrected chi connectivity index (χ1v) is 10.4. The highest BCUT2D eigenvalue weighted by Crippen LogP contribution is 2.34. The van der Waals surface area contributed by atoms with Crippen LogP contribution in [-0.4, -0.2) is 59.8 Å². The molecule has 4 aromatic rings. The van der Waals surface area contributed by atoms with Gasteiger partial charge in [-0.3, -0.25) is 4.57 Å². The van der Waals surface area contributed by atoms with Crippen LogP contribution in [0.3, 0.4) is 0 Å². The van der Waals surface area contributed by atoms with Crippen molar-refractivity contribution in [2.45, 2.75) is 31.4 Å². The number of ether oxygens (including phenoxy) is 1. The normalized spacial score (nSPS) is 23.5. The standard InChI is InChI=1S/C22H23BN6O3/c1-3-7-14-12(4-2)13-8-5-6-9-15(13)29(14)23-19-17(30)18(31)22(32-19)28-11-27-16-20(24)25-10-26-21(16)28/h3-11,17-19,22-23,30-31H,2H2,1H3,(H2,24,25,26)/b7-3-. The summed E-state index contributed by atoms with van der Waals surface area (Å²) in [6.45, 7) is 5.93. The predicted octanol–water partition coefficient (Wildman–Crippen LogP) is 1.52. The summed E-state index contributed by atoms with van der Waals surface area (Å²) in [7, 11) is 0.340. The van der Waals surface area contributed by atoms with Crippen molar-refractivity contribution in [2.24, 2.45) is 0 Å². The predicted molar refractivity (Wildman–Crippen MR) is 125 cm³/mol. The summed E-state index contributed by atoms with van der Waals surface area (Å²) in [6.07, 6.45) is 5.49. The van der Waals surface area contributed by atoms with Gasteiger partial charge in [0, 0.05) is 22.2 Å². The molecule has 1 saturated heterocycles. The SMILES string of the molecule is C=Cc1c(/C=C\C)n(BC2OC(n3cnc4c(N)ncnc43)C(O)C2O)c2ccccc12. The van der Waals surface area contributed by atoms with Crippen molar-refractivity contribution in [3.63, 3.8) is 0 Å². The number of imidazole rings is 1. The topological polar surface area (TPSA) is 124 Å². The molecule has 0 radical (unpaired) electrons. The lowest BCUT2D eigenvalue weighted by atomic mass is 9.80. The fourth-order valence-corrected chi connectivity index (χ4v) is 4.44. The van der Waals surface area contributed by atoms with E-state index in [0.717, 1.165) is 22.2 Å². The summed E-state index contributed by atoms with van der Waals surface area (Å²) in [6, 6.07) is 7.35. The van der Waals surface area contributed by atoms with Crippen molar-refractivity contribution in [2.75, 3.05) is 5.73 Å². The van der Waals surface area contributed by atoms with E-state index in [9.17, 15) is 10.2 Å². The number of hydrogen-bond donors (Lipinski definition) is 3. The zero-order valence-electron chi connectivity index (χ0n) is 17.5. The summed E-state index contributed by atoms with van der Waals surface area (Å²) in [5.74, 6) is 0.241. The Morgan fingerprint density at radius 1 is 1.19 bits per heavy atom. The maximum Gasteiger partial charge on any atom is 0.276 e. The molecule has 4 heterocycles. The lowest BCUT2D eigenvalue weighted by molar-refractivity contribution is -0.0206. The van der Waals surface area contributed by atoms with E-state index in [1.54, 1.807) is 4.57 Å². The number of benzene rings is 1. The molecule has 5 rings (SSSR count). The molecule has 0 spiro atoms. The first kappa shape index (κ1) is 20.4. The van der Waals surface area contributed by atoms with Crippen LogP contribution in [0.25, 0.3) is 34.2 Å². The maximum atomic E-state index is 10.9. The molecular weight excluding hydrogens is 407 g/mol. The highest BCUT2D eigenvalue weighted by molar-refractivity contribution is 6.38. The second kappa shape index (κ2) is 7.90. The van der Waals surface area contributed by atoms with Crippen LogP contribution in [0.2, 0.25) is 0 Å². The van der Waals surface area contributed by atoms with E-state index in [2.05, 4.69) is 26.0 Å². The number of aromatic nitrogens is 5. The molecule has 10 heteroatoms. The highest BCUT2D eigenvalue weighted by atomic mass is 16.6. The monoisotopic (exact) mass is 430 g/mol. The number of anilines is 1. The number of nitrogens with zero attached hydrogens (tertiary/aromatic N) is 5. The molecule has 4 unspecified atom stereocenters. The van der Waals surface area contributed by atoms with Crippen molar-refractivity contribution in [3.8, 4) is 0 Å². The van der Waals surface area contributed by atoms with Crippen molar-refractivity contribution in [3.05, 3.63) is 60.8 Å². The molecular formula is C22H23BN6O3. The lowest BCUT2D eigenvalue weighted by Crippen LogP contribution is -2.37. The fraction of sp³-hybridized carbons (Fsp3) is 0.227. The minimum Gasteiger partial charge on any atom is -0.388 e. The number of para-hydroxylation sites is 1. The molecule has 1 aromatic carbocycles. The van der Waals surface area contributed by atoms with E-state index >= 15 is 0 Å². The van der Waals surface area contributed by atoms with Crippen LogP contribution >= 0.6 is 0 Å². The molecule has 1 fully saturated rings. The molecule has 3 aromatic heterocycles. The van der Waals surface area contributed by atoms with Crippen LogP contribution in [-0.2, 0) is 4.74 Å². The molecule has 162 valence electrons. The smallest absolute Gasteiger partial charge is 0.276 e. The number of rotatable bonds is 5. The fourth-order valence-electron chi connectivity index (χ4n) is 4.44. The minimum atomic E-state index is -1.17. The third kappa shape index (κ3) is 3.03. The van der Waals surface area contributed by atoms with E-state index in [0.29, 0.717) is 18.6 Å². The Bertz CT molecular complexity index is 1350. The van der Waals surface area contributed by atoms with Crippen LogP contribution in [0.4, 0.5) is 5.82 Å². The van der Waals surface area contributed by atoms with Gasteiger partial charge in [-0.1, -0.05) is 36.9 Å². The Morgan fingerprint density at radius 2 is 2.00 bits per heavy atom. The molecule has 4 N–H and O–H groups in total. The van der Waals surface area contributed by atoms with Crippen LogP contribution in [0.5, 0.6) is 0 Å². The highest BCUT2D eigenvalue weighted by Gasteiger charge is 2.45. The maximum absolute atomic E-state index is 10.9. The Labute approximate surface area is 184 Å². The average Bonchev–Trinajstić information content (AvgIpc) is 3.44. The van der Waals surface area contributed by atoms with Gasteiger partial charge in [0.2, 0.25) is 0 Å². The van der Waals surface area contributed by atoms with Gasteiger partial charge in [-0.05, 0) is 19.1 Å². The van der Waals surface area contributed by atoms with Gasteiger partial charge in [0.15, 0.2) is 17.7 Å². The lowest BCUT2D eigenvalue weighted by Gasteiger charge is -2.17. The molecule has 9 nitrogen and oxygen atoms in total. The zero-order valence-corrected chi connectivity index (χ0v) is 17.5. The number of hydrogen-bond acceptors (Lipinski definition) is 7. The summed E-state index contributed by atoms with van der Waals surface area (Å²) < 4.78 is 9.82. The first-order chi connectivity index (χ1) is 15.5. The Kier molecular flexibility index (Phi) is 5.05. The van der Waals surface area contributed by atoms with Crippen molar-refractivity contribution >= 4 is 47.5 Å². The summed E-state index contributed by atoms with van der Waals surface area (Å²) in [4.78, 5) is 12.4. The average molecular weight is 430 g/mol. The van der Waals surface area contributed by atoms with E-state index in [1.807, 2.05) is 49.4 Å². The minimum absolute atomic E-state index is 0.241. The number of nitrogen functional groups attached to an aromatic ring is 1. The Balaban J connectivity index is 1.53. The molecule has 4 atom stereocenters. The van der Waals surface area contributed by atoms with E-state index in [4.69, 9.17) is 10.5 Å². The summed E-state index contributed by atoms with van der Waals surface area (Å²) in [5, 5.41) is 22.7. The van der Waals surface area contributed by atoms with E-state index in [-0.39, 0.29) is 5.82 Å². The first-order valence-electron chi connectivity index (χ1n) is 10.4. The van der Waals surface area contributed by atoms with E-state index in [1.165, 1.54) is 12.7 Å². The van der Waals surface area contributed by atoms with Gasteiger partial charge < -0.3 is 25.2 Å². The molecule has 1 aliphatic heterocycles. The van der Waals surface area contributed by atoms with Crippen molar-refractivity contribution < 1.29 is 14.9 Å². The van der Waals surface area contributed by atoms with Crippen LogP contribution in [0.1, 0.15) is 24.4 Å². The van der Waals surface area contributed by atoms with Gasteiger partial charge in [0.05, 0.1) is 12.3 Å². The zero-order chi connectivity index (χ0) is 22.4. The number of fused-ring (bicyclic) bond motifs is 2. The number of nitrogens with two attached hydrogens (primary N) is 1. The molecule has 0 amide bonds. The largest absolute Gasteiger partial charge is 0.388 e. The second-order valence-electron chi connectivity index (χ2n) is 7.76. The van der Waals surface area contributed by atoms with Crippen molar-refractivity contribution in [1.82, 2.24) is 24.0 Å². The quantitative estimate of drug-likeness (QED) is 0.410. The van der Waals surface area contributed by atoms with E-state index < -0.39 is 24.4 Å². The van der Waals surface area contributed by atoms with Gasteiger partial charge >= 0.3 is 0 Å². The third-order valence-electron chi connectivity index (χ3n) is 5.94. The summed E-state index contributed by atoms with van der Waals surface area (Å²) in [5.41, 5.74) is 9.70. The van der Waals surface area contributed by atoms with Gasteiger partial charge in [0.25, 0.3) is 7.41 Å². The van der Waals surface area contributed by atoms with Crippen LogP contribution < -0.4 is 5.73 Å². The number of aliphatic hydroxyl groups excluding tert-OH is 2. The van der Waals surface area contributed by atoms with Gasteiger partial charge in [-0.2, -0.15) is 0 Å². The summed E-state index contributed by atoms with van der Waals surface area (Å²) >= 11 is 0. The molecule has 0 aliphatic carbocycles. The Morgan fingerprint density at radius 3 is 2.78 bits per heavy atom. The van der Waals surface area contributed by atoms with Crippen molar-refractivity contribution in [1.29, 1.82) is 0 Å². The van der Waals surface area contributed by atoms with Crippen LogP contribution in [0, 0.1) is 0 Å². The van der Waals surface area contributed by atoms with Gasteiger partial charge in [-0.25, -0.2) is 15.0 Å². The Hall–Kier alpha value is -3.47. The second-order valence-corrected chi connectivity index (χ2v) is 7.76. The number of aliphatic hydroxyl groups is 2. The third-order valence-corrected chi connectivity index (χ3v) is 5.94. The van der Waals surface area contributed by atoms with Crippen LogP contribution in [0.15, 0.2) is 49.6 Å². The molecule has 32 heavy (non-hydrogen) atoms. The number of allylic oxidation sites excluding steroid dienone is 1. The van der Waals surface area contributed by atoms with Gasteiger partial charge in [0.1, 0.15) is 24.1 Å². The molecule has 1 aliphatic rings.